The van der Waals surface area contributed by atoms with Crippen LogP contribution in [0.4, 0.5) is 0 Å². The molecule has 0 radical (unpaired) electrons. The predicted molar refractivity (Wildman–Crippen MR) is 85.1 cm³/mol. The SMILES string of the molecule is COc1ccc(Cc2nn3c(C(C)C)nnc3s2)c(OC)c1. The molecule has 0 fully saturated rings. The van der Waals surface area contributed by atoms with Crippen molar-refractivity contribution in [1.82, 2.24) is 19.8 Å². The Labute approximate surface area is 132 Å². The standard InChI is InChI=1S/C15H18N4O2S/c1-9(2)14-16-17-15-19(14)18-13(22-15)7-10-5-6-11(20-3)8-12(10)21-4/h5-6,8-9H,7H2,1-4H3. The van der Waals surface area contributed by atoms with Crippen LogP contribution in [0.15, 0.2) is 18.2 Å². The molecule has 7 heteroatoms. The van der Waals surface area contributed by atoms with E-state index in [4.69, 9.17) is 9.47 Å². The Morgan fingerprint density at radius 3 is 2.68 bits per heavy atom. The number of methoxy groups -OCH3 is 2. The molecule has 22 heavy (non-hydrogen) atoms. The van der Waals surface area contributed by atoms with Gasteiger partial charge in [-0.25, -0.2) is 0 Å². The molecule has 1 aromatic carbocycles. The van der Waals surface area contributed by atoms with Gasteiger partial charge in [0.05, 0.1) is 14.2 Å². The van der Waals surface area contributed by atoms with Crippen molar-refractivity contribution in [2.45, 2.75) is 26.2 Å². The molecule has 116 valence electrons. The molecule has 0 bridgehead atoms. The first-order chi connectivity index (χ1) is 10.6. The van der Waals surface area contributed by atoms with E-state index in [0.717, 1.165) is 32.9 Å². The summed E-state index contributed by atoms with van der Waals surface area (Å²) in [6, 6.07) is 5.82. The molecule has 0 amide bonds. The Balaban J connectivity index is 1.93. The normalized spacial score (nSPS) is 11.3. The fourth-order valence-corrected chi connectivity index (χ4v) is 3.13. The van der Waals surface area contributed by atoms with E-state index in [-0.39, 0.29) is 0 Å². The zero-order chi connectivity index (χ0) is 15.7. The topological polar surface area (TPSA) is 61.5 Å². The van der Waals surface area contributed by atoms with Crippen LogP contribution in [0.2, 0.25) is 0 Å². The van der Waals surface area contributed by atoms with Crippen LogP contribution in [0.1, 0.15) is 36.2 Å². The van der Waals surface area contributed by atoms with Crippen LogP contribution < -0.4 is 9.47 Å². The predicted octanol–water partition coefficient (Wildman–Crippen LogP) is 2.92. The fourth-order valence-electron chi connectivity index (χ4n) is 2.26. The molecule has 2 heterocycles. The molecule has 3 aromatic rings. The summed E-state index contributed by atoms with van der Waals surface area (Å²) < 4.78 is 12.5. The van der Waals surface area contributed by atoms with Gasteiger partial charge in [0.1, 0.15) is 16.5 Å². The maximum absolute atomic E-state index is 5.44. The van der Waals surface area contributed by atoms with Crippen LogP contribution in [0.5, 0.6) is 11.5 Å². The summed E-state index contributed by atoms with van der Waals surface area (Å²) in [5, 5.41) is 14.0. The summed E-state index contributed by atoms with van der Waals surface area (Å²) in [6.45, 7) is 4.17. The average molecular weight is 318 g/mol. The highest BCUT2D eigenvalue weighted by atomic mass is 32.1. The number of benzene rings is 1. The maximum atomic E-state index is 5.44. The van der Waals surface area contributed by atoms with Crippen molar-refractivity contribution in [2.24, 2.45) is 0 Å². The lowest BCUT2D eigenvalue weighted by Crippen LogP contribution is -2.00. The summed E-state index contributed by atoms with van der Waals surface area (Å²) in [5.74, 6) is 2.76. The average Bonchev–Trinajstić information content (AvgIpc) is 3.07. The minimum Gasteiger partial charge on any atom is -0.497 e. The van der Waals surface area contributed by atoms with Crippen molar-refractivity contribution in [2.75, 3.05) is 14.2 Å². The second-order valence-electron chi connectivity index (χ2n) is 5.26. The summed E-state index contributed by atoms with van der Waals surface area (Å²) in [6.07, 6.45) is 0.693. The molecule has 6 nitrogen and oxygen atoms in total. The molecular formula is C15H18N4O2S. The number of rotatable bonds is 5. The quantitative estimate of drug-likeness (QED) is 0.724. The minimum absolute atomic E-state index is 0.292. The Kier molecular flexibility index (Phi) is 3.98. The van der Waals surface area contributed by atoms with Gasteiger partial charge in [0.25, 0.3) is 0 Å². The Morgan fingerprint density at radius 2 is 2.00 bits per heavy atom. The van der Waals surface area contributed by atoms with Gasteiger partial charge in [-0.15, -0.1) is 10.2 Å². The highest BCUT2D eigenvalue weighted by molar-refractivity contribution is 7.16. The number of ether oxygens (including phenoxy) is 2. The highest BCUT2D eigenvalue weighted by Gasteiger charge is 2.15. The third-order valence-corrected chi connectivity index (χ3v) is 4.31. The Bertz CT molecular complexity index is 794. The Hall–Kier alpha value is -2.15. The number of nitrogens with zero attached hydrogens (tertiary/aromatic N) is 4. The van der Waals surface area contributed by atoms with Gasteiger partial charge < -0.3 is 9.47 Å². The molecule has 0 atom stereocenters. The molecule has 0 N–H and O–H groups in total. The van der Waals surface area contributed by atoms with Crippen molar-refractivity contribution >= 4 is 16.3 Å². The summed E-state index contributed by atoms with van der Waals surface area (Å²) in [4.78, 5) is 0.825. The van der Waals surface area contributed by atoms with Crippen molar-refractivity contribution in [3.63, 3.8) is 0 Å². The second kappa shape index (κ2) is 5.92. The lowest BCUT2D eigenvalue weighted by atomic mass is 10.1. The van der Waals surface area contributed by atoms with E-state index in [0.29, 0.717) is 12.3 Å². The third kappa shape index (κ3) is 2.64. The van der Waals surface area contributed by atoms with Crippen LogP contribution >= 0.6 is 11.3 Å². The second-order valence-corrected chi connectivity index (χ2v) is 6.30. The lowest BCUT2D eigenvalue weighted by Gasteiger charge is -2.09. The van der Waals surface area contributed by atoms with E-state index in [2.05, 4.69) is 29.1 Å². The van der Waals surface area contributed by atoms with E-state index in [1.165, 1.54) is 0 Å². The van der Waals surface area contributed by atoms with Crippen molar-refractivity contribution in [1.29, 1.82) is 0 Å². The first-order valence-electron chi connectivity index (χ1n) is 7.04. The van der Waals surface area contributed by atoms with E-state index in [1.54, 1.807) is 25.6 Å². The van der Waals surface area contributed by atoms with Crippen LogP contribution in [0, 0.1) is 0 Å². The number of hydrogen-bond acceptors (Lipinski definition) is 6. The van der Waals surface area contributed by atoms with E-state index in [1.807, 2.05) is 22.7 Å². The van der Waals surface area contributed by atoms with Gasteiger partial charge in [-0.05, 0) is 6.07 Å². The molecule has 0 aliphatic heterocycles. The van der Waals surface area contributed by atoms with Gasteiger partial charge in [0, 0.05) is 24.0 Å². The number of hydrogen-bond donors (Lipinski definition) is 0. The minimum atomic E-state index is 0.292. The van der Waals surface area contributed by atoms with Crippen LogP contribution in [0.25, 0.3) is 4.96 Å². The van der Waals surface area contributed by atoms with E-state index >= 15 is 0 Å². The smallest absolute Gasteiger partial charge is 0.234 e. The monoisotopic (exact) mass is 318 g/mol. The Morgan fingerprint density at radius 1 is 1.18 bits per heavy atom. The van der Waals surface area contributed by atoms with Crippen molar-refractivity contribution in [3.8, 4) is 11.5 Å². The number of fused-ring (bicyclic) bond motifs is 1. The van der Waals surface area contributed by atoms with Gasteiger partial charge in [-0.1, -0.05) is 31.3 Å². The molecular weight excluding hydrogens is 300 g/mol. The summed E-state index contributed by atoms with van der Waals surface area (Å²) in [7, 11) is 3.30. The van der Waals surface area contributed by atoms with E-state index in [9.17, 15) is 0 Å². The highest BCUT2D eigenvalue weighted by Crippen LogP contribution is 2.28. The lowest BCUT2D eigenvalue weighted by molar-refractivity contribution is 0.391. The van der Waals surface area contributed by atoms with Gasteiger partial charge in [-0.3, -0.25) is 0 Å². The first-order valence-corrected chi connectivity index (χ1v) is 7.86. The van der Waals surface area contributed by atoms with Crippen molar-refractivity contribution < 1.29 is 9.47 Å². The maximum Gasteiger partial charge on any atom is 0.234 e. The van der Waals surface area contributed by atoms with E-state index < -0.39 is 0 Å². The molecule has 0 saturated carbocycles. The zero-order valence-corrected chi connectivity index (χ0v) is 13.8. The molecule has 2 aromatic heterocycles. The third-order valence-electron chi connectivity index (χ3n) is 3.41. The van der Waals surface area contributed by atoms with Gasteiger partial charge in [0.15, 0.2) is 5.82 Å². The number of aromatic nitrogens is 4. The first kappa shape index (κ1) is 14.8. The molecule has 0 aliphatic carbocycles. The molecule has 0 spiro atoms. The fraction of sp³-hybridized carbons (Fsp3) is 0.400. The summed E-state index contributed by atoms with van der Waals surface area (Å²) >= 11 is 1.55. The van der Waals surface area contributed by atoms with Crippen molar-refractivity contribution in [3.05, 3.63) is 34.6 Å². The van der Waals surface area contributed by atoms with Gasteiger partial charge >= 0.3 is 0 Å². The zero-order valence-electron chi connectivity index (χ0n) is 13.0. The van der Waals surface area contributed by atoms with Gasteiger partial charge in [0.2, 0.25) is 4.96 Å². The molecule has 3 rings (SSSR count). The largest absolute Gasteiger partial charge is 0.497 e. The van der Waals surface area contributed by atoms with Crippen LogP contribution in [0.3, 0.4) is 0 Å². The summed E-state index contributed by atoms with van der Waals surface area (Å²) in [5.41, 5.74) is 1.07. The van der Waals surface area contributed by atoms with Gasteiger partial charge in [-0.2, -0.15) is 9.61 Å². The molecule has 0 saturated heterocycles. The molecule has 0 aliphatic rings. The molecule has 0 unspecified atom stereocenters. The van der Waals surface area contributed by atoms with Crippen LogP contribution in [-0.2, 0) is 6.42 Å². The van der Waals surface area contributed by atoms with Crippen LogP contribution in [-0.4, -0.2) is 34.0 Å².